The van der Waals surface area contributed by atoms with Crippen molar-refractivity contribution in [3.8, 4) is 0 Å². The monoisotopic (exact) mass is 317 g/mol. The highest BCUT2D eigenvalue weighted by molar-refractivity contribution is 7.12. The van der Waals surface area contributed by atoms with Crippen LogP contribution < -0.4 is 16.2 Å². The van der Waals surface area contributed by atoms with Gasteiger partial charge in [-0.3, -0.25) is 15.0 Å². The molecule has 3 N–H and O–H groups in total. The van der Waals surface area contributed by atoms with E-state index in [1.165, 1.54) is 17.4 Å². The molecule has 0 aliphatic rings. The zero-order chi connectivity index (χ0) is 15.9. The van der Waals surface area contributed by atoms with E-state index in [0.29, 0.717) is 17.0 Å². The molecule has 0 unspecified atom stereocenters. The van der Waals surface area contributed by atoms with Gasteiger partial charge in [-0.2, -0.15) is 0 Å². The second-order valence-corrected chi connectivity index (χ2v) is 5.24. The molecule has 3 amide bonds. The average molecular weight is 317 g/mol. The van der Waals surface area contributed by atoms with Gasteiger partial charge in [-0.05, 0) is 24.4 Å². The summed E-state index contributed by atoms with van der Waals surface area (Å²) in [6, 6.07) is 9.43. The van der Waals surface area contributed by atoms with Crippen LogP contribution >= 0.6 is 11.3 Å². The zero-order valence-corrected chi connectivity index (χ0v) is 12.7. The second kappa shape index (κ2) is 7.37. The van der Waals surface area contributed by atoms with Crippen LogP contribution in [0.5, 0.6) is 0 Å². The van der Waals surface area contributed by atoms with Gasteiger partial charge in [-0.25, -0.2) is 10.2 Å². The quantitative estimate of drug-likeness (QED) is 0.595. The van der Waals surface area contributed by atoms with Gasteiger partial charge in [0.25, 0.3) is 5.91 Å². The van der Waals surface area contributed by atoms with Crippen molar-refractivity contribution in [2.45, 2.75) is 6.92 Å². The topological polar surface area (TPSA) is 87.3 Å². The molecule has 6 nitrogen and oxygen atoms in total. The van der Waals surface area contributed by atoms with E-state index >= 15 is 0 Å². The Morgan fingerprint density at radius 2 is 1.73 bits per heavy atom. The number of thiophene rings is 1. The van der Waals surface area contributed by atoms with E-state index in [2.05, 4.69) is 16.2 Å². The highest BCUT2D eigenvalue weighted by Crippen LogP contribution is 2.18. The standard InChI is InChI=1S/C15H15N3O3S/c1-2-16-15(21)18-17-14(20)11-7-4-3-6-10(11)13(19)12-8-5-9-22-12/h3-9H,2H2,1H3,(H,17,20)(H2,16,18,21). The van der Waals surface area contributed by atoms with Gasteiger partial charge in [0, 0.05) is 12.1 Å². The summed E-state index contributed by atoms with van der Waals surface area (Å²) in [6.07, 6.45) is 0. The first-order valence-electron chi connectivity index (χ1n) is 6.65. The molecule has 0 bridgehead atoms. The lowest BCUT2D eigenvalue weighted by Gasteiger charge is -2.10. The number of amides is 3. The lowest BCUT2D eigenvalue weighted by Crippen LogP contribution is -2.47. The summed E-state index contributed by atoms with van der Waals surface area (Å²) in [5.41, 5.74) is 5.00. The number of rotatable bonds is 4. The van der Waals surface area contributed by atoms with Crippen molar-refractivity contribution in [3.63, 3.8) is 0 Å². The fourth-order valence-corrected chi connectivity index (χ4v) is 2.48. The lowest BCUT2D eigenvalue weighted by atomic mass is 10.0. The number of hydrogen-bond acceptors (Lipinski definition) is 4. The Kier molecular flexibility index (Phi) is 5.26. The summed E-state index contributed by atoms with van der Waals surface area (Å²) in [7, 11) is 0. The Morgan fingerprint density at radius 1 is 1.00 bits per heavy atom. The van der Waals surface area contributed by atoms with Crippen LogP contribution in [0.25, 0.3) is 0 Å². The van der Waals surface area contributed by atoms with Gasteiger partial charge in [-0.1, -0.05) is 24.3 Å². The summed E-state index contributed by atoms with van der Waals surface area (Å²) >= 11 is 1.31. The molecular weight excluding hydrogens is 302 g/mol. The maximum absolute atomic E-state index is 12.4. The van der Waals surface area contributed by atoms with E-state index in [1.54, 1.807) is 42.6 Å². The number of nitrogens with one attached hydrogen (secondary N) is 3. The van der Waals surface area contributed by atoms with Crippen LogP contribution in [-0.2, 0) is 0 Å². The van der Waals surface area contributed by atoms with E-state index in [1.807, 2.05) is 0 Å². The summed E-state index contributed by atoms with van der Waals surface area (Å²) in [6.45, 7) is 2.20. The van der Waals surface area contributed by atoms with Crippen molar-refractivity contribution < 1.29 is 14.4 Å². The van der Waals surface area contributed by atoms with Crippen molar-refractivity contribution in [2.75, 3.05) is 6.54 Å². The van der Waals surface area contributed by atoms with Gasteiger partial charge in [0.2, 0.25) is 5.78 Å². The SMILES string of the molecule is CCNC(=O)NNC(=O)c1ccccc1C(=O)c1cccs1. The van der Waals surface area contributed by atoms with Crippen molar-refractivity contribution in [1.82, 2.24) is 16.2 Å². The van der Waals surface area contributed by atoms with E-state index in [-0.39, 0.29) is 11.3 Å². The highest BCUT2D eigenvalue weighted by Gasteiger charge is 2.18. The van der Waals surface area contributed by atoms with Gasteiger partial charge in [0.05, 0.1) is 10.4 Å². The third-order valence-electron chi connectivity index (χ3n) is 2.79. The number of hydrazine groups is 1. The van der Waals surface area contributed by atoms with Crippen molar-refractivity contribution in [2.24, 2.45) is 0 Å². The lowest BCUT2D eigenvalue weighted by molar-refractivity contribution is 0.0927. The number of hydrogen-bond donors (Lipinski definition) is 3. The molecule has 0 spiro atoms. The first-order valence-corrected chi connectivity index (χ1v) is 7.53. The summed E-state index contributed by atoms with van der Waals surface area (Å²) in [5.74, 6) is -0.773. The summed E-state index contributed by atoms with van der Waals surface area (Å²) < 4.78 is 0. The molecular formula is C15H15N3O3S. The van der Waals surface area contributed by atoms with Crippen LogP contribution in [0.1, 0.15) is 32.5 Å². The fraction of sp³-hybridized carbons (Fsp3) is 0.133. The molecule has 2 aromatic rings. The molecule has 1 heterocycles. The van der Waals surface area contributed by atoms with Crippen molar-refractivity contribution in [1.29, 1.82) is 0 Å². The van der Waals surface area contributed by atoms with Crippen LogP contribution in [0.2, 0.25) is 0 Å². The molecule has 0 aliphatic heterocycles. The molecule has 0 aliphatic carbocycles. The van der Waals surface area contributed by atoms with E-state index in [9.17, 15) is 14.4 Å². The first-order chi connectivity index (χ1) is 10.6. The third-order valence-corrected chi connectivity index (χ3v) is 3.66. The van der Waals surface area contributed by atoms with Crippen LogP contribution in [0.4, 0.5) is 4.79 Å². The normalized spacial score (nSPS) is 9.86. The van der Waals surface area contributed by atoms with E-state index in [4.69, 9.17) is 0 Å². The van der Waals surface area contributed by atoms with Gasteiger partial charge in [0.1, 0.15) is 0 Å². The van der Waals surface area contributed by atoms with Gasteiger partial charge >= 0.3 is 6.03 Å². The van der Waals surface area contributed by atoms with Crippen LogP contribution in [0.15, 0.2) is 41.8 Å². The molecule has 0 saturated heterocycles. The Labute approximate surface area is 131 Å². The third kappa shape index (κ3) is 3.70. The number of ketones is 1. The minimum atomic E-state index is -0.549. The number of benzene rings is 1. The summed E-state index contributed by atoms with van der Waals surface area (Å²) in [4.78, 5) is 36.4. The zero-order valence-electron chi connectivity index (χ0n) is 11.9. The molecule has 1 aromatic heterocycles. The molecule has 114 valence electrons. The molecule has 0 atom stereocenters. The molecule has 22 heavy (non-hydrogen) atoms. The molecule has 0 fully saturated rings. The first kappa shape index (κ1) is 15.7. The number of carbonyl (C=O) groups excluding carboxylic acids is 3. The minimum Gasteiger partial charge on any atom is -0.337 e. The Bertz CT molecular complexity index is 683. The largest absolute Gasteiger partial charge is 0.337 e. The van der Waals surface area contributed by atoms with E-state index in [0.717, 1.165) is 0 Å². The predicted octanol–water partition coefficient (Wildman–Crippen LogP) is 1.94. The molecule has 1 aromatic carbocycles. The fourth-order valence-electron chi connectivity index (χ4n) is 1.81. The Morgan fingerprint density at radius 3 is 2.36 bits per heavy atom. The highest BCUT2D eigenvalue weighted by atomic mass is 32.1. The van der Waals surface area contributed by atoms with Gasteiger partial charge in [0.15, 0.2) is 0 Å². The maximum Gasteiger partial charge on any atom is 0.333 e. The second-order valence-electron chi connectivity index (χ2n) is 4.29. The Balaban J connectivity index is 2.16. The average Bonchev–Trinajstić information content (AvgIpc) is 3.06. The van der Waals surface area contributed by atoms with Crippen LogP contribution in [0.3, 0.4) is 0 Å². The van der Waals surface area contributed by atoms with Crippen molar-refractivity contribution >= 4 is 29.1 Å². The predicted molar refractivity (Wildman–Crippen MR) is 83.9 cm³/mol. The van der Waals surface area contributed by atoms with Gasteiger partial charge in [-0.15, -0.1) is 11.3 Å². The van der Waals surface area contributed by atoms with Crippen molar-refractivity contribution in [3.05, 3.63) is 57.8 Å². The number of urea groups is 1. The van der Waals surface area contributed by atoms with Crippen LogP contribution in [0, 0.1) is 0 Å². The summed E-state index contributed by atoms with van der Waals surface area (Å²) in [5, 5.41) is 4.28. The molecule has 0 radical (unpaired) electrons. The van der Waals surface area contributed by atoms with E-state index < -0.39 is 11.9 Å². The molecule has 2 rings (SSSR count). The Hall–Kier alpha value is -2.67. The van der Waals surface area contributed by atoms with Gasteiger partial charge < -0.3 is 5.32 Å². The smallest absolute Gasteiger partial charge is 0.333 e. The van der Waals surface area contributed by atoms with Crippen LogP contribution in [-0.4, -0.2) is 24.3 Å². The molecule has 0 saturated carbocycles. The maximum atomic E-state index is 12.4. The number of carbonyl (C=O) groups is 3. The molecule has 7 heteroatoms. The minimum absolute atomic E-state index is 0.206.